The van der Waals surface area contributed by atoms with E-state index in [1.807, 2.05) is 54.6 Å². The SMILES string of the molecule is COc1ccc(-n2cc(COCc3cn(C4CCON4C(=O)OCc4ccccc4)c(=O)[nH]c3=O)nn2)cc1. The number of ether oxygens (including phenoxy) is 3. The van der Waals surface area contributed by atoms with E-state index < -0.39 is 23.5 Å². The number of amides is 1. The number of aromatic nitrogens is 5. The number of nitrogens with zero attached hydrogens (tertiary/aromatic N) is 5. The summed E-state index contributed by atoms with van der Waals surface area (Å²) in [6.45, 7) is 0.234. The van der Waals surface area contributed by atoms with Crippen LogP contribution in [0.1, 0.15) is 29.4 Å². The van der Waals surface area contributed by atoms with Crippen molar-refractivity contribution in [2.75, 3.05) is 13.7 Å². The Balaban J connectivity index is 1.22. The number of nitrogens with one attached hydrogen (secondary N) is 1. The average Bonchev–Trinajstić information content (AvgIpc) is 3.64. The maximum absolute atomic E-state index is 12.7. The molecular formula is C26H26N6O7. The van der Waals surface area contributed by atoms with Crippen LogP contribution in [0.5, 0.6) is 5.75 Å². The first kappa shape index (κ1) is 25.9. The molecule has 1 fully saturated rings. The number of hydrogen-bond acceptors (Lipinski definition) is 9. The summed E-state index contributed by atoms with van der Waals surface area (Å²) < 4.78 is 19.0. The molecule has 0 spiro atoms. The number of carbonyl (C=O) groups excluding carboxylic acids is 1. The van der Waals surface area contributed by atoms with Crippen LogP contribution in [0.3, 0.4) is 0 Å². The van der Waals surface area contributed by atoms with Crippen LogP contribution in [0.4, 0.5) is 4.79 Å². The second kappa shape index (κ2) is 11.8. The molecule has 1 aliphatic rings. The largest absolute Gasteiger partial charge is 0.497 e. The zero-order chi connectivity index (χ0) is 27.2. The van der Waals surface area contributed by atoms with Crippen LogP contribution in [0.2, 0.25) is 0 Å². The molecule has 2 aromatic heterocycles. The lowest BCUT2D eigenvalue weighted by Gasteiger charge is -2.23. The lowest BCUT2D eigenvalue weighted by molar-refractivity contribution is -0.126. The Labute approximate surface area is 222 Å². The van der Waals surface area contributed by atoms with Crippen molar-refractivity contribution in [1.29, 1.82) is 0 Å². The van der Waals surface area contributed by atoms with E-state index in [0.717, 1.165) is 22.1 Å². The molecular weight excluding hydrogens is 508 g/mol. The third kappa shape index (κ3) is 6.05. The predicted octanol–water partition coefficient (Wildman–Crippen LogP) is 2.32. The number of hydrogen-bond donors (Lipinski definition) is 1. The number of benzene rings is 2. The van der Waals surface area contributed by atoms with Gasteiger partial charge in [-0.05, 0) is 29.8 Å². The molecule has 13 nitrogen and oxygen atoms in total. The monoisotopic (exact) mass is 534 g/mol. The minimum atomic E-state index is -0.791. The van der Waals surface area contributed by atoms with Crippen molar-refractivity contribution >= 4 is 6.09 Å². The summed E-state index contributed by atoms with van der Waals surface area (Å²) in [6, 6.07) is 16.5. The quantitative estimate of drug-likeness (QED) is 0.342. The van der Waals surface area contributed by atoms with Gasteiger partial charge in [-0.3, -0.25) is 19.2 Å². The number of H-pyrrole nitrogens is 1. The fraction of sp³-hybridized carbons (Fsp3) is 0.269. The van der Waals surface area contributed by atoms with E-state index in [1.165, 1.54) is 10.8 Å². The van der Waals surface area contributed by atoms with Crippen LogP contribution in [-0.2, 0) is 34.1 Å². The maximum atomic E-state index is 12.7. The summed E-state index contributed by atoms with van der Waals surface area (Å²) in [5, 5.41) is 9.19. The second-order valence-corrected chi connectivity index (χ2v) is 8.63. The van der Waals surface area contributed by atoms with E-state index in [1.54, 1.807) is 18.0 Å². The molecule has 5 rings (SSSR count). The van der Waals surface area contributed by atoms with Gasteiger partial charge in [-0.15, -0.1) is 5.10 Å². The number of rotatable bonds is 9. The van der Waals surface area contributed by atoms with Gasteiger partial charge in [0.1, 0.15) is 24.2 Å². The molecule has 4 aromatic rings. The maximum Gasteiger partial charge on any atom is 0.436 e. The van der Waals surface area contributed by atoms with Crippen molar-refractivity contribution in [3.05, 3.63) is 105 Å². The normalized spacial score (nSPS) is 14.9. The van der Waals surface area contributed by atoms with Crippen molar-refractivity contribution < 1.29 is 23.8 Å². The summed E-state index contributed by atoms with van der Waals surface area (Å²) >= 11 is 0. The van der Waals surface area contributed by atoms with E-state index in [-0.39, 0.29) is 32.0 Å². The van der Waals surface area contributed by atoms with Gasteiger partial charge < -0.3 is 14.2 Å². The molecule has 0 radical (unpaired) electrons. The van der Waals surface area contributed by atoms with Gasteiger partial charge in [0.25, 0.3) is 5.56 Å². The molecule has 1 atom stereocenters. The smallest absolute Gasteiger partial charge is 0.436 e. The van der Waals surface area contributed by atoms with E-state index in [2.05, 4.69) is 15.3 Å². The molecule has 202 valence electrons. The van der Waals surface area contributed by atoms with Crippen LogP contribution in [0, 0.1) is 0 Å². The van der Waals surface area contributed by atoms with Crippen LogP contribution >= 0.6 is 0 Å². The second-order valence-electron chi connectivity index (χ2n) is 8.63. The molecule has 2 aromatic carbocycles. The summed E-state index contributed by atoms with van der Waals surface area (Å²) in [5.74, 6) is 0.727. The Hall–Kier alpha value is -4.75. The van der Waals surface area contributed by atoms with Gasteiger partial charge in [0.15, 0.2) is 0 Å². The molecule has 1 saturated heterocycles. The highest BCUT2D eigenvalue weighted by molar-refractivity contribution is 5.66. The van der Waals surface area contributed by atoms with Gasteiger partial charge in [0.2, 0.25) is 0 Å². The van der Waals surface area contributed by atoms with Gasteiger partial charge in [-0.1, -0.05) is 35.5 Å². The van der Waals surface area contributed by atoms with Gasteiger partial charge in [-0.2, -0.15) is 5.06 Å². The molecule has 3 heterocycles. The van der Waals surface area contributed by atoms with Crippen LogP contribution < -0.4 is 16.0 Å². The Kier molecular flexibility index (Phi) is 7.80. The molecule has 1 N–H and O–H groups in total. The minimum Gasteiger partial charge on any atom is -0.497 e. The lowest BCUT2D eigenvalue weighted by Crippen LogP contribution is -2.40. The van der Waals surface area contributed by atoms with Gasteiger partial charge in [0.05, 0.1) is 44.4 Å². The van der Waals surface area contributed by atoms with Crippen molar-refractivity contribution in [3.8, 4) is 11.4 Å². The number of hydroxylamine groups is 2. The average molecular weight is 535 g/mol. The standard InChI is InChI=1S/C26H26N6O7/c1-36-22-9-7-21(8-10-22)31-14-20(28-29-31)17-37-16-19-13-30(25(34)27-24(19)33)23-11-12-39-32(23)26(35)38-15-18-5-3-2-4-6-18/h2-10,13-14,23H,11-12,15-17H2,1H3,(H,27,33,34). The highest BCUT2D eigenvalue weighted by Gasteiger charge is 2.34. The van der Waals surface area contributed by atoms with E-state index in [9.17, 15) is 14.4 Å². The van der Waals surface area contributed by atoms with Gasteiger partial charge in [0, 0.05) is 12.6 Å². The van der Waals surface area contributed by atoms with Crippen LogP contribution in [0.25, 0.3) is 5.69 Å². The van der Waals surface area contributed by atoms with Gasteiger partial charge in [-0.25, -0.2) is 14.3 Å². The third-order valence-electron chi connectivity index (χ3n) is 6.01. The first-order valence-electron chi connectivity index (χ1n) is 12.1. The highest BCUT2D eigenvalue weighted by Crippen LogP contribution is 2.25. The molecule has 39 heavy (non-hydrogen) atoms. The predicted molar refractivity (Wildman–Crippen MR) is 136 cm³/mol. The Morgan fingerprint density at radius 3 is 2.62 bits per heavy atom. The first-order chi connectivity index (χ1) is 19.0. The number of carbonyl (C=O) groups is 1. The molecule has 1 aliphatic heterocycles. The zero-order valence-electron chi connectivity index (χ0n) is 21.1. The molecule has 0 bridgehead atoms. The summed E-state index contributed by atoms with van der Waals surface area (Å²) in [6.07, 6.45) is 1.88. The molecule has 1 amide bonds. The third-order valence-corrected chi connectivity index (χ3v) is 6.01. The van der Waals surface area contributed by atoms with E-state index in [0.29, 0.717) is 12.1 Å². The molecule has 1 unspecified atom stereocenters. The van der Waals surface area contributed by atoms with Crippen molar-refractivity contribution in [3.63, 3.8) is 0 Å². The van der Waals surface area contributed by atoms with Crippen LogP contribution in [-0.4, -0.2) is 49.4 Å². The molecule has 0 saturated carbocycles. The van der Waals surface area contributed by atoms with E-state index >= 15 is 0 Å². The topological polar surface area (TPSA) is 143 Å². The van der Waals surface area contributed by atoms with Crippen LogP contribution in [0.15, 0.2) is 76.6 Å². The Morgan fingerprint density at radius 1 is 1.05 bits per heavy atom. The minimum absolute atomic E-state index is 0.0505. The van der Waals surface area contributed by atoms with Crippen molar-refractivity contribution in [2.24, 2.45) is 0 Å². The summed E-state index contributed by atoms with van der Waals surface area (Å²) in [7, 11) is 1.59. The summed E-state index contributed by atoms with van der Waals surface area (Å²) in [5.41, 5.74) is 1.08. The number of methoxy groups -OCH3 is 1. The van der Waals surface area contributed by atoms with Gasteiger partial charge >= 0.3 is 11.8 Å². The first-order valence-corrected chi connectivity index (χ1v) is 12.1. The number of aromatic amines is 1. The molecule has 0 aliphatic carbocycles. The zero-order valence-corrected chi connectivity index (χ0v) is 21.1. The lowest BCUT2D eigenvalue weighted by atomic mass is 10.2. The fourth-order valence-corrected chi connectivity index (χ4v) is 4.01. The van der Waals surface area contributed by atoms with E-state index in [4.69, 9.17) is 19.0 Å². The Morgan fingerprint density at radius 2 is 1.85 bits per heavy atom. The molecule has 13 heteroatoms. The van der Waals surface area contributed by atoms with Crippen molar-refractivity contribution in [1.82, 2.24) is 29.6 Å². The summed E-state index contributed by atoms with van der Waals surface area (Å²) in [4.78, 5) is 45.4. The van der Waals surface area contributed by atoms with Crippen molar-refractivity contribution in [2.45, 2.75) is 32.4 Å². The fourth-order valence-electron chi connectivity index (χ4n) is 4.01. The highest BCUT2D eigenvalue weighted by atomic mass is 16.7. The Bertz CT molecular complexity index is 1530.